The summed E-state index contributed by atoms with van der Waals surface area (Å²) in [5, 5.41) is 34.1. The van der Waals surface area contributed by atoms with Gasteiger partial charge in [0.25, 0.3) is 0 Å². The van der Waals surface area contributed by atoms with Crippen molar-refractivity contribution in [3.05, 3.63) is 35.9 Å². The van der Waals surface area contributed by atoms with E-state index in [1.165, 1.54) is 12.0 Å². The van der Waals surface area contributed by atoms with Crippen molar-refractivity contribution >= 4 is 11.9 Å². The quantitative estimate of drug-likeness (QED) is 0.474. The largest absolute Gasteiger partial charge is 0.547 e. The van der Waals surface area contributed by atoms with E-state index in [0.717, 1.165) is 5.92 Å². The Balaban J connectivity index is 0.000000200. The third-order valence-electron chi connectivity index (χ3n) is 2.94. The SMILES string of the molecule is O=C([O-])[C@H](O)[C@@H](O)C(=O)O.[NH3+][C@@H]1C[C@H]1c1ccccc1. The Kier molecular flexibility index (Phi) is 5.63. The van der Waals surface area contributed by atoms with E-state index in [4.69, 9.17) is 15.3 Å². The number of carbonyl (C=O) groups is 2. The fraction of sp³-hybridized carbons (Fsp3) is 0.385. The summed E-state index contributed by atoms with van der Waals surface area (Å²) >= 11 is 0. The molecule has 2 rings (SSSR count). The minimum atomic E-state index is -2.38. The zero-order valence-electron chi connectivity index (χ0n) is 10.7. The van der Waals surface area contributed by atoms with Crippen LogP contribution in [0.2, 0.25) is 0 Å². The number of hydrogen-bond donors (Lipinski definition) is 4. The molecular formula is C13H17NO6. The molecule has 1 fully saturated rings. The highest BCUT2D eigenvalue weighted by Crippen LogP contribution is 2.37. The molecule has 1 aromatic rings. The van der Waals surface area contributed by atoms with Gasteiger partial charge in [0.15, 0.2) is 6.10 Å². The summed E-state index contributed by atoms with van der Waals surface area (Å²) in [5.41, 5.74) is 5.47. The second-order valence-electron chi connectivity index (χ2n) is 4.56. The maximum atomic E-state index is 9.74. The number of rotatable bonds is 4. The standard InChI is InChI=1S/C9H11N.C4H6O6/c10-9-6-8(9)7-4-2-1-3-5-7;5-1(3(7)8)2(6)4(9)10/h1-5,8-9H,6,10H2;1-2,5-6H,(H,7,8)(H,9,10)/t8-,9+;1-,2-/m01/s1. The monoisotopic (exact) mass is 283 g/mol. The molecule has 0 radical (unpaired) electrons. The number of hydrogen-bond acceptors (Lipinski definition) is 5. The van der Waals surface area contributed by atoms with Crippen molar-refractivity contribution in [2.24, 2.45) is 0 Å². The topological polar surface area (TPSA) is 146 Å². The normalized spacial score (nSPS) is 22.9. The first-order valence-electron chi connectivity index (χ1n) is 6.02. The molecule has 1 aliphatic carbocycles. The number of aliphatic carboxylic acids is 2. The Morgan fingerprint density at radius 1 is 1.20 bits per heavy atom. The van der Waals surface area contributed by atoms with Gasteiger partial charge in [-0.1, -0.05) is 30.3 Å². The Morgan fingerprint density at radius 2 is 1.70 bits per heavy atom. The molecule has 1 aliphatic rings. The first kappa shape index (κ1) is 16.1. The lowest BCUT2D eigenvalue weighted by atomic mass is 10.1. The molecule has 20 heavy (non-hydrogen) atoms. The summed E-state index contributed by atoms with van der Waals surface area (Å²) in [5.74, 6) is -3.06. The summed E-state index contributed by atoms with van der Waals surface area (Å²) in [6, 6.07) is 11.3. The molecular weight excluding hydrogens is 266 g/mol. The summed E-state index contributed by atoms with van der Waals surface area (Å²) < 4.78 is 0. The molecule has 1 saturated carbocycles. The van der Waals surface area contributed by atoms with Gasteiger partial charge < -0.3 is 31.0 Å². The van der Waals surface area contributed by atoms with E-state index in [-0.39, 0.29) is 0 Å². The molecule has 0 amide bonds. The second-order valence-corrected chi connectivity index (χ2v) is 4.56. The van der Waals surface area contributed by atoms with Gasteiger partial charge >= 0.3 is 5.97 Å². The Bertz CT molecular complexity index is 445. The van der Waals surface area contributed by atoms with Crippen LogP contribution >= 0.6 is 0 Å². The maximum Gasteiger partial charge on any atom is 0.335 e. The van der Waals surface area contributed by atoms with Crippen LogP contribution in [0.1, 0.15) is 17.9 Å². The lowest BCUT2D eigenvalue weighted by Gasteiger charge is -2.13. The summed E-state index contributed by atoms with van der Waals surface area (Å²) in [6.07, 6.45) is -3.42. The molecule has 0 aliphatic heterocycles. The summed E-state index contributed by atoms with van der Waals surface area (Å²) in [4.78, 5) is 19.4. The number of quaternary nitrogens is 1. The maximum absolute atomic E-state index is 9.74. The van der Waals surface area contributed by atoms with Gasteiger partial charge in [0.05, 0.1) is 12.0 Å². The van der Waals surface area contributed by atoms with Crippen molar-refractivity contribution in [3.63, 3.8) is 0 Å². The van der Waals surface area contributed by atoms with Crippen molar-refractivity contribution in [2.75, 3.05) is 0 Å². The molecule has 7 nitrogen and oxygen atoms in total. The number of carboxylic acid groups (broad SMARTS) is 2. The van der Waals surface area contributed by atoms with Crippen LogP contribution in [0.15, 0.2) is 30.3 Å². The molecule has 110 valence electrons. The van der Waals surface area contributed by atoms with E-state index in [1.54, 1.807) is 0 Å². The molecule has 4 atom stereocenters. The van der Waals surface area contributed by atoms with Crippen molar-refractivity contribution in [1.82, 2.24) is 0 Å². The van der Waals surface area contributed by atoms with Crippen molar-refractivity contribution < 1.29 is 35.7 Å². The van der Waals surface area contributed by atoms with Crippen LogP contribution in [0.5, 0.6) is 0 Å². The van der Waals surface area contributed by atoms with E-state index >= 15 is 0 Å². The smallest absolute Gasteiger partial charge is 0.335 e. The zero-order chi connectivity index (χ0) is 15.3. The summed E-state index contributed by atoms with van der Waals surface area (Å²) in [7, 11) is 0. The highest BCUT2D eigenvalue weighted by molar-refractivity contribution is 5.82. The van der Waals surface area contributed by atoms with Crippen molar-refractivity contribution in [3.8, 4) is 0 Å². The number of benzene rings is 1. The number of aliphatic hydroxyl groups excluding tert-OH is 2. The first-order chi connectivity index (χ1) is 9.34. The first-order valence-corrected chi connectivity index (χ1v) is 6.02. The molecule has 0 saturated heterocycles. The Hall–Kier alpha value is -1.96. The van der Waals surface area contributed by atoms with E-state index in [1.807, 2.05) is 0 Å². The third kappa shape index (κ3) is 4.61. The van der Waals surface area contributed by atoms with Crippen molar-refractivity contribution in [1.29, 1.82) is 0 Å². The van der Waals surface area contributed by atoms with E-state index in [9.17, 15) is 14.7 Å². The van der Waals surface area contributed by atoms with Crippen LogP contribution in [-0.2, 0) is 9.59 Å². The molecule has 0 bridgehead atoms. The van der Waals surface area contributed by atoms with Gasteiger partial charge in [-0.05, 0) is 5.56 Å². The number of carbonyl (C=O) groups excluding carboxylic acids is 1. The van der Waals surface area contributed by atoms with Gasteiger partial charge in [-0.25, -0.2) is 4.79 Å². The molecule has 7 heteroatoms. The highest BCUT2D eigenvalue weighted by atomic mass is 16.4. The fourth-order valence-corrected chi connectivity index (χ4v) is 1.62. The predicted octanol–water partition coefficient (Wildman–Crippen LogP) is -2.67. The lowest BCUT2D eigenvalue weighted by molar-refractivity contribution is -0.386. The van der Waals surface area contributed by atoms with Gasteiger partial charge in [-0.3, -0.25) is 0 Å². The Morgan fingerprint density at radius 3 is 2.00 bits per heavy atom. The van der Waals surface area contributed by atoms with E-state index in [2.05, 4.69) is 36.1 Å². The number of aliphatic hydroxyl groups is 2. The zero-order valence-corrected chi connectivity index (χ0v) is 10.7. The minimum absolute atomic E-state index is 0.683. The average molecular weight is 283 g/mol. The van der Waals surface area contributed by atoms with Crippen LogP contribution in [0.4, 0.5) is 0 Å². The molecule has 0 heterocycles. The van der Waals surface area contributed by atoms with Crippen LogP contribution < -0.4 is 10.8 Å². The van der Waals surface area contributed by atoms with Gasteiger partial charge in [-0.15, -0.1) is 0 Å². The predicted molar refractivity (Wildman–Crippen MR) is 65.1 cm³/mol. The molecule has 6 N–H and O–H groups in total. The third-order valence-corrected chi connectivity index (χ3v) is 2.94. The van der Waals surface area contributed by atoms with Gasteiger partial charge in [-0.2, -0.15) is 0 Å². The molecule has 0 spiro atoms. The van der Waals surface area contributed by atoms with Gasteiger partial charge in [0.1, 0.15) is 6.10 Å². The van der Waals surface area contributed by atoms with E-state index < -0.39 is 24.1 Å². The lowest BCUT2D eigenvalue weighted by Crippen LogP contribution is -2.53. The van der Waals surface area contributed by atoms with Crippen LogP contribution in [0.3, 0.4) is 0 Å². The minimum Gasteiger partial charge on any atom is -0.547 e. The van der Waals surface area contributed by atoms with Crippen LogP contribution in [0, 0.1) is 0 Å². The van der Waals surface area contributed by atoms with Crippen molar-refractivity contribution in [2.45, 2.75) is 30.6 Å². The fourth-order valence-electron chi connectivity index (χ4n) is 1.62. The molecule has 0 unspecified atom stereocenters. The highest BCUT2D eigenvalue weighted by Gasteiger charge is 2.38. The Labute approximate surface area is 115 Å². The van der Waals surface area contributed by atoms with Crippen LogP contribution in [0.25, 0.3) is 0 Å². The number of carboxylic acids is 2. The summed E-state index contributed by atoms with van der Waals surface area (Å²) in [6.45, 7) is 0. The van der Waals surface area contributed by atoms with Crippen LogP contribution in [-0.4, -0.2) is 45.5 Å². The second kappa shape index (κ2) is 6.99. The molecule has 0 aromatic heterocycles. The van der Waals surface area contributed by atoms with Gasteiger partial charge in [0.2, 0.25) is 0 Å². The van der Waals surface area contributed by atoms with Gasteiger partial charge in [0, 0.05) is 12.3 Å². The average Bonchev–Trinajstić information content (AvgIpc) is 3.15. The van der Waals surface area contributed by atoms with E-state index in [0.29, 0.717) is 6.04 Å². The molecule has 1 aromatic carbocycles.